The number of piperidine rings is 1. The number of carbonyl (C=O) groups excluding carboxylic acids is 1. The average Bonchev–Trinajstić information content (AvgIpc) is 2.94. The van der Waals surface area contributed by atoms with Crippen molar-refractivity contribution >= 4 is 17.6 Å². The Kier molecular flexibility index (Phi) is 6.23. The van der Waals surface area contributed by atoms with Crippen LogP contribution in [0.25, 0.3) is 0 Å². The zero-order chi connectivity index (χ0) is 20.4. The van der Waals surface area contributed by atoms with E-state index in [4.69, 9.17) is 16.3 Å². The van der Waals surface area contributed by atoms with Crippen molar-refractivity contribution in [3.05, 3.63) is 70.7 Å². The summed E-state index contributed by atoms with van der Waals surface area (Å²) in [4.78, 5) is 15.8. The van der Waals surface area contributed by atoms with Crippen molar-refractivity contribution in [3.63, 3.8) is 0 Å². The van der Waals surface area contributed by atoms with Gasteiger partial charge in [0, 0.05) is 23.0 Å². The minimum Gasteiger partial charge on any atom is -0.462 e. The van der Waals surface area contributed by atoms with Crippen molar-refractivity contribution in [2.24, 2.45) is 0 Å². The molecule has 4 unspecified atom stereocenters. The molecular weight excluding hydrogens is 386 g/mol. The van der Waals surface area contributed by atoms with E-state index >= 15 is 0 Å². The molecule has 154 valence electrons. The van der Waals surface area contributed by atoms with E-state index in [9.17, 15) is 9.90 Å². The molecule has 2 saturated heterocycles. The first kappa shape index (κ1) is 20.4. The van der Waals surface area contributed by atoms with Crippen molar-refractivity contribution in [3.8, 4) is 0 Å². The van der Waals surface area contributed by atoms with Gasteiger partial charge in [0.05, 0.1) is 12.5 Å². The first-order valence-corrected chi connectivity index (χ1v) is 10.8. The Hall–Kier alpha value is -1.88. The van der Waals surface area contributed by atoms with Gasteiger partial charge >= 0.3 is 5.97 Å². The molecule has 0 radical (unpaired) electrons. The molecule has 2 aromatic carbocycles. The smallest absolute Gasteiger partial charge is 0.314 e. The highest BCUT2D eigenvalue weighted by atomic mass is 35.5. The summed E-state index contributed by atoms with van der Waals surface area (Å²) in [7, 11) is 2.18. The normalized spacial score (nSPS) is 26.1. The molecule has 4 nitrogen and oxygen atoms in total. The van der Waals surface area contributed by atoms with Gasteiger partial charge in [-0.2, -0.15) is 0 Å². The van der Waals surface area contributed by atoms with Crippen LogP contribution in [-0.4, -0.2) is 47.8 Å². The van der Waals surface area contributed by atoms with E-state index in [1.165, 1.54) is 12.8 Å². The van der Waals surface area contributed by atoms with Crippen LogP contribution >= 0.6 is 11.6 Å². The van der Waals surface area contributed by atoms with E-state index in [-0.39, 0.29) is 24.6 Å². The van der Waals surface area contributed by atoms with Crippen molar-refractivity contribution in [2.75, 3.05) is 13.7 Å². The third-order valence-electron chi connectivity index (χ3n) is 6.65. The van der Waals surface area contributed by atoms with Gasteiger partial charge in [-0.25, -0.2) is 0 Å². The minimum absolute atomic E-state index is 0.0491. The second-order valence-electron chi connectivity index (χ2n) is 8.31. The maximum absolute atomic E-state index is 13.4. The Morgan fingerprint density at radius 2 is 1.69 bits per heavy atom. The molecule has 1 N–H and O–H groups in total. The number of nitrogens with zero attached hydrogens (tertiary/aromatic N) is 1. The van der Waals surface area contributed by atoms with Gasteiger partial charge in [-0.05, 0) is 56.0 Å². The van der Waals surface area contributed by atoms with Gasteiger partial charge in [0.2, 0.25) is 0 Å². The Bertz CT molecular complexity index is 812. The first-order valence-electron chi connectivity index (χ1n) is 10.4. The van der Waals surface area contributed by atoms with Crippen LogP contribution in [0.3, 0.4) is 0 Å². The lowest BCUT2D eigenvalue weighted by atomic mass is 9.81. The number of carbonyl (C=O) groups is 1. The van der Waals surface area contributed by atoms with Crippen molar-refractivity contribution in [1.29, 1.82) is 0 Å². The van der Waals surface area contributed by atoms with Crippen molar-refractivity contribution in [1.82, 2.24) is 4.90 Å². The maximum atomic E-state index is 13.4. The number of aliphatic hydroxyl groups is 1. The molecular formula is C24H28ClNO3. The van der Waals surface area contributed by atoms with Crippen LogP contribution in [0.5, 0.6) is 0 Å². The van der Waals surface area contributed by atoms with E-state index in [2.05, 4.69) is 11.9 Å². The number of hydrogen-bond donors (Lipinski definition) is 1. The van der Waals surface area contributed by atoms with Gasteiger partial charge in [-0.3, -0.25) is 4.79 Å². The number of ether oxygens (including phenoxy) is 1. The molecule has 0 aromatic heterocycles. The molecule has 0 saturated carbocycles. The lowest BCUT2D eigenvalue weighted by Crippen LogP contribution is -2.44. The molecule has 2 aromatic rings. The zero-order valence-electron chi connectivity index (χ0n) is 16.7. The second-order valence-corrected chi connectivity index (χ2v) is 8.75. The van der Waals surface area contributed by atoms with Gasteiger partial charge in [0.1, 0.15) is 6.10 Å². The lowest BCUT2D eigenvalue weighted by molar-refractivity contribution is -0.155. The fourth-order valence-corrected chi connectivity index (χ4v) is 5.13. The monoisotopic (exact) mass is 413 g/mol. The largest absolute Gasteiger partial charge is 0.462 e. The Morgan fingerprint density at radius 3 is 2.28 bits per heavy atom. The summed E-state index contributed by atoms with van der Waals surface area (Å²) in [6.07, 6.45) is 4.10. The summed E-state index contributed by atoms with van der Waals surface area (Å²) in [5.74, 6) is -1.19. The number of hydrogen-bond acceptors (Lipinski definition) is 4. The summed E-state index contributed by atoms with van der Waals surface area (Å²) in [6.45, 7) is -0.144. The van der Waals surface area contributed by atoms with E-state index in [0.717, 1.165) is 24.0 Å². The van der Waals surface area contributed by atoms with Gasteiger partial charge in [-0.15, -0.1) is 0 Å². The van der Waals surface area contributed by atoms with Gasteiger partial charge in [0.25, 0.3) is 0 Å². The average molecular weight is 414 g/mol. The summed E-state index contributed by atoms with van der Waals surface area (Å²) < 4.78 is 6.06. The van der Waals surface area contributed by atoms with Gasteiger partial charge in [-0.1, -0.05) is 54.1 Å². The molecule has 0 amide bonds. The fourth-order valence-electron chi connectivity index (χ4n) is 5.00. The highest BCUT2D eigenvalue weighted by Gasteiger charge is 2.41. The number of esters is 1. The molecule has 2 aliphatic heterocycles. The predicted molar refractivity (Wildman–Crippen MR) is 114 cm³/mol. The Labute approximate surface area is 177 Å². The fraction of sp³-hybridized carbons (Fsp3) is 0.458. The van der Waals surface area contributed by atoms with Crippen LogP contribution in [0.4, 0.5) is 0 Å². The number of benzene rings is 2. The summed E-state index contributed by atoms with van der Waals surface area (Å²) in [5.41, 5.74) is 1.74. The quantitative estimate of drug-likeness (QED) is 0.714. The van der Waals surface area contributed by atoms with Crippen LogP contribution in [0.1, 0.15) is 48.6 Å². The molecule has 4 rings (SSSR count). The molecule has 29 heavy (non-hydrogen) atoms. The van der Waals surface area contributed by atoms with Crippen LogP contribution < -0.4 is 0 Å². The molecule has 2 fully saturated rings. The number of fused-ring (bicyclic) bond motifs is 2. The van der Waals surface area contributed by atoms with E-state index in [0.29, 0.717) is 17.1 Å². The summed E-state index contributed by atoms with van der Waals surface area (Å²) >= 11 is 6.03. The van der Waals surface area contributed by atoms with E-state index in [1.54, 1.807) is 12.1 Å². The molecule has 2 heterocycles. The molecule has 2 aliphatic rings. The van der Waals surface area contributed by atoms with E-state index < -0.39 is 5.92 Å². The predicted octanol–water partition coefficient (Wildman–Crippen LogP) is 4.37. The maximum Gasteiger partial charge on any atom is 0.314 e. The van der Waals surface area contributed by atoms with Crippen molar-refractivity contribution < 1.29 is 14.6 Å². The summed E-state index contributed by atoms with van der Waals surface area (Å²) in [5, 5.41) is 10.8. The van der Waals surface area contributed by atoms with Crippen LogP contribution in [-0.2, 0) is 9.53 Å². The molecule has 5 heteroatoms. The number of rotatable bonds is 6. The van der Waals surface area contributed by atoms with Crippen LogP contribution in [0, 0.1) is 0 Å². The standard InChI is InChI=1S/C24H28ClNO3/c1-26-19-11-12-20(26)14-21(13-19)29-24(28)23(17-5-3-2-4-6-17)22(15-27)16-7-9-18(25)10-8-16/h2-10,19-23,27H,11-15H2,1H3. The third-order valence-corrected chi connectivity index (χ3v) is 6.90. The summed E-state index contributed by atoms with van der Waals surface area (Å²) in [6, 6.07) is 18.0. The van der Waals surface area contributed by atoms with Crippen molar-refractivity contribution in [2.45, 2.75) is 55.7 Å². The lowest BCUT2D eigenvalue weighted by Gasteiger charge is -2.37. The molecule has 0 aliphatic carbocycles. The van der Waals surface area contributed by atoms with Gasteiger partial charge in [0.15, 0.2) is 0 Å². The highest BCUT2D eigenvalue weighted by molar-refractivity contribution is 6.30. The zero-order valence-corrected chi connectivity index (χ0v) is 17.5. The first-order chi connectivity index (χ1) is 14.1. The van der Waals surface area contributed by atoms with Crippen LogP contribution in [0.15, 0.2) is 54.6 Å². The molecule has 2 bridgehead atoms. The SMILES string of the molecule is CN1C2CCC1CC(OC(=O)C(c1ccccc1)C(CO)c1ccc(Cl)cc1)C2. The van der Waals surface area contributed by atoms with Gasteiger partial charge < -0.3 is 14.7 Å². The Morgan fingerprint density at radius 1 is 1.07 bits per heavy atom. The minimum atomic E-state index is -0.556. The number of aliphatic hydroxyl groups excluding tert-OH is 1. The van der Waals surface area contributed by atoms with Crippen LogP contribution in [0.2, 0.25) is 5.02 Å². The van der Waals surface area contributed by atoms with E-state index in [1.807, 2.05) is 42.5 Å². The second kappa shape index (κ2) is 8.86. The molecule has 0 spiro atoms. The highest BCUT2D eigenvalue weighted by Crippen LogP contribution is 2.38. The molecule has 4 atom stereocenters. The topological polar surface area (TPSA) is 49.8 Å². The third kappa shape index (κ3) is 4.35. The number of halogens is 1. The Balaban J connectivity index is 1.58.